The van der Waals surface area contributed by atoms with Crippen molar-refractivity contribution in [2.45, 2.75) is 19.0 Å². The molecule has 0 aliphatic carbocycles. The van der Waals surface area contributed by atoms with Gasteiger partial charge in [-0.1, -0.05) is 45.8 Å². The van der Waals surface area contributed by atoms with Crippen molar-refractivity contribution in [3.63, 3.8) is 0 Å². The number of amides is 2. The Balaban J connectivity index is 1.67. The van der Waals surface area contributed by atoms with Crippen LogP contribution >= 0.6 is 15.9 Å². The molecule has 0 spiro atoms. The number of hydrogen-bond acceptors (Lipinski definition) is 3. The lowest BCUT2D eigenvalue weighted by molar-refractivity contribution is -0.596. The van der Waals surface area contributed by atoms with E-state index in [0.29, 0.717) is 11.3 Å². The Bertz CT molecular complexity index is 1160. The van der Waals surface area contributed by atoms with Gasteiger partial charge < -0.3 is 10.1 Å². The predicted molar refractivity (Wildman–Crippen MR) is 126 cm³/mol. The van der Waals surface area contributed by atoms with Gasteiger partial charge in [-0.3, -0.25) is 9.59 Å². The predicted octanol–water partition coefficient (Wildman–Crippen LogP) is 3.78. The molecule has 3 aromatic rings. The Morgan fingerprint density at radius 1 is 1.03 bits per heavy atom. The highest BCUT2D eigenvalue weighted by Gasteiger charge is 2.47. The number of rotatable bonds is 5. The Morgan fingerprint density at radius 3 is 2.31 bits per heavy atom. The number of carbonyl (C=O) groups excluding carboxylic acids is 2. The van der Waals surface area contributed by atoms with E-state index in [9.17, 15) is 9.59 Å². The van der Waals surface area contributed by atoms with E-state index >= 15 is 0 Å². The Morgan fingerprint density at radius 2 is 1.69 bits per heavy atom. The smallest absolute Gasteiger partial charge is 0.304 e. The number of benzene rings is 3. The van der Waals surface area contributed by atoms with Crippen LogP contribution in [0.5, 0.6) is 5.75 Å². The minimum absolute atomic E-state index is 0.272. The van der Waals surface area contributed by atoms with Crippen LogP contribution in [0.25, 0.3) is 0 Å². The first kappa shape index (κ1) is 21.8. The first-order valence-corrected chi connectivity index (χ1v) is 10.9. The number of hydrazone groups is 1. The molecule has 0 bridgehead atoms. The number of carbonyl (C=O) groups is 2. The summed E-state index contributed by atoms with van der Waals surface area (Å²) in [6.45, 7) is 2.01. The number of methoxy groups -OCH3 is 1. The maximum absolute atomic E-state index is 12.9. The molecule has 1 fully saturated rings. The zero-order valence-corrected chi connectivity index (χ0v) is 19.3. The second kappa shape index (κ2) is 9.36. The van der Waals surface area contributed by atoms with E-state index in [0.717, 1.165) is 21.2 Å². The van der Waals surface area contributed by atoms with E-state index in [2.05, 4.69) is 26.7 Å². The summed E-state index contributed by atoms with van der Waals surface area (Å²) in [5.41, 5.74) is 6.31. The fourth-order valence-electron chi connectivity index (χ4n) is 3.62. The molecule has 2 N–H and O–H groups in total. The van der Waals surface area contributed by atoms with E-state index in [4.69, 9.17) is 4.74 Å². The molecule has 0 saturated carbocycles. The van der Waals surface area contributed by atoms with Gasteiger partial charge in [0.1, 0.15) is 5.75 Å². The number of halogens is 1. The summed E-state index contributed by atoms with van der Waals surface area (Å²) in [4.78, 5) is 25.8. The Labute approximate surface area is 195 Å². The molecule has 0 unspecified atom stereocenters. The lowest BCUT2D eigenvalue weighted by atomic mass is 9.98. The van der Waals surface area contributed by atoms with E-state index < -0.39 is 12.1 Å². The quantitative estimate of drug-likeness (QED) is 0.532. The topological polar surface area (TPSA) is 70.4 Å². The Hall–Kier alpha value is -3.45. The third-order valence-corrected chi connectivity index (χ3v) is 5.88. The van der Waals surface area contributed by atoms with Gasteiger partial charge in [0.15, 0.2) is 6.04 Å². The molecule has 2 atom stereocenters. The lowest BCUT2D eigenvalue weighted by Crippen LogP contribution is -2.42. The monoisotopic (exact) mass is 492 g/mol. The molecule has 3 aromatic carbocycles. The molecule has 1 aliphatic rings. The summed E-state index contributed by atoms with van der Waals surface area (Å²) in [5.74, 6) is 0.0640. The number of aryl methyl sites for hydroxylation is 1. The lowest BCUT2D eigenvalue weighted by Gasteiger charge is -2.15. The van der Waals surface area contributed by atoms with Gasteiger partial charge in [0.2, 0.25) is 12.3 Å². The van der Waals surface area contributed by atoms with Crippen molar-refractivity contribution in [3.8, 4) is 5.75 Å². The van der Waals surface area contributed by atoms with Crippen LogP contribution in [-0.2, 0) is 4.79 Å². The number of hydrogen-bond donors (Lipinski definition) is 2. The van der Waals surface area contributed by atoms with E-state index in [-0.39, 0.29) is 11.8 Å². The molecule has 7 heteroatoms. The highest BCUT2D eigenvalue weighted by atomic mass is 79.9. The van der Waals surface area contributed by atoms with Gasteiger partial charge in [-0.05, 0) is 55.5 Å². The van der Waals surface area contributed by atoms with Gasteiger partial charge in [0.05, 0.1) is 7.11 Å². The van der Waals surface area contributed by atoms with E-state index in [1.807, 2.05) is 61.7 Å². The van der Waals surface area contributed by atoms with Gasteiger partial charge in [-0.2, -0.15) is 0 Å². The highest BCUT2D eigenvalue weighted by Crippen LogP contribution is 2.26. The minimum atomic E-state index is -0.765. The zero-order valence-electron chi connectivity index (χ0n) is 17.7. The van der Waals surface area contributed by atoms with Crippen LogP contribution in [-0.4, -0.2) is 35.9 Å². The maximum atomic E-state index is 12.9. The average Bonchev–Trinajstić information content (AvgIpc) is 3.10. The van der Waals surface area contributed by atoms with Crippen molar-refractivity contribution < 1.29 is 19.0 Å². The van der Waals surface area contributed by atoms with Crippen molar-refractivity contribution in [2.24, 2.45) is 0 Å². The van der Waals surface area contributed by atoms with Crippen molar-refractivity contribution >= 4 is 34.0 Å². The number of ether oxygens (including phenoxy) is 1. The molecule has 32 heavy (non-hydrogen) atoms. The SMILES string of the molecule is COc1ccc(C(=O)N[C@@H]2C(=O)N/[N+](=C\c3ccc(Br)cc3)[C@H]2c2ccc(C)cc2)cc1. The minimum Gasteiger partial charge on any atom is -0.497 e. The molecular formula is C25H23BrN3O3+. The maximum Gasteiger partial charge on any atom is 0.304 e. The van der Waals surface area contributed by atoms with E-state index in [1.54, 1.807) is 36.1 Å². The van der Waals surface area contributed by atoms with Crippen LogP contribution in [0.3, 0.4) is 0 Å². The van der Waals surface area contributed by atoms with Gasteiger partial charge in [0.25, 0.3) is 5.91 Å². The summed E-state index contributed by atoms with van der Waals surface area (Å²) in [6, 6.07) is 21.3. The Kier molecular flexibility index (Phi) is 6.37. The van der Waals surface area contributed by atoms with E-state index in [1.165, 1.54) is 0 Å². The zero-order chi connectivity index (χ0) is 22.7. The summed E-state index contributed by atoms with van der Waals surface area (Å²) < 4.78 is 7.88. The van der Waals surface area contributed by atoms with Crippen molar-refractivity contribution in [1.29, 1.82) is 0 Å². The average molecular weight is 493 g/mol. The van der Waals surface area contributed by atoms with Gasteiger partial charge in [-0.15, -0.1) is 10.1 Å². The second-order valence-electron chi connectivity index (χ2n) is 7.60. The summed E-state index contributed by atoms with van der Waals surface area (Å²) >= 11 is 3.44. The third kappa shape index (κ3) is 4.73. The molecule has 0 aromatic heterocycles. The van der Waals surface area contributed by atoms with Crippen LogP contribution in [0.2, 0.25) is 0 Å². The molecule has 0 radical (unpaired) electrons. The fourth-order valence-corrected chi connectivity index (χ4v) is 3.88. The first-order valence-electron chi connectivity index (χ1n) is 10.2. The third-order valence-electron chi connectivity index (χ3n) is 5.35. The molecule has 162 valence electrons. The van der Waals surface area contributed by atoms with Crippen LogP contribution in [0.4, 0.5) is 0 Å². The normalized spacial score (nSPS) is 19.0. The highest BCUT2D eigenvalue weighted by molar-refractivity contribution is 9.10. The largest absolute Gasteiger partial charge is 0.497 e. The van der Waals surface area contributed by atoms with Crippen LogP contribution in [0.1, 0.15) is 33.1 Å². The molecule has 1 aliphatic heterocycles. The summed E-state index contributed by atoms with van der Waals surface area (Å²) in [7, 11) is 1.57. The molecule has 6 nitrogen and oxygen atoms in total. The van der Waals surface area contributed by atoms with Crippen molar-refractivity contribution in [3.05, 3.63) is 99.5 Å². The van der Waals surface area contributed by atoms with Crippen LogP contribution in [0, 0.1) is 6.92 Å². The van der Waals surface area contributed by atoms with Gasteiger partial charge in [-0.25, -0.2) is 0 Å². The number of nitrogens with zero attached hydrogens (tertiary/aromatic N) is 1. The molecule has 2 amide bonds. The molecular weight excluding hydrogens is 470 g/mol. The van der Waals surface area contributed by atoms with Crippen LogP contribution < -0.4 is 15.5 Å². The number of nitrogens with one attached hydrogen (secondary N) is 2. The molecule has 4 rings (SSSR count). The number of hydrazine groups is 1. The summed E-state index contributed by atoms with van der Waals surface area (Å²) in [6.07, 6.45) is 1.87. The molecule has 1 heterocycles. The van der Waals surface area contributed by atoms with Crippen LogP contribution in [0.15, 0.2) is 77.3 Å². The standard InChI is InChI=1S/C25H22BrN3O3/c1-16-3-7-18(8-4-16)23-22(27-24(30)19-9-13-21(32-2)14-10-19)25(31)28-29(23)15-17-5-11-20(26)12-6-17/h3-15,22-23H,1-2H3,(H-,27,28,30,31)/p+1/b29-15-/t22-,23-/m0/s1. The molecule has 1 saturated heterocycles. The van der Waals surface area contributed by atoms with Gasteiger partial charge >= 0.3 is 5.91 Å². The fraction of sp³-hybridized carbons (Fsp3) is 0.160. The van der Waals surface area contributed by atoms with Crippen molar-refractivity contribution in [1.82, 2.24) is 10.7 Å². The summed E-state index contributed by atoms with van der Waals surface area (Å²) in [5, 5.41) is 2.91. The second-order valence-corrected chi connectivity index (χ2v) is 8.51. The van der Waals surface area contributed by atoms with Crippen molar-refractivity contribution in [2.75, 3.05) is 7.11 Å². The first-order chi connectivity index (χ1) is 15.4. The van der Waals surface area contributed by atoms with Gasteiger partial charge in [0, 0.05) is 21.2 Å².